The number of rotatable bonds is 2. The fourth-order valence-electron chi connectivity index (χ4n) is 2.71. The van der Waals surface area contributed by atoms with E-state index in [-0.39, 0.29) is 0 Å². The Kier molecular flexibility index (Phi) is 4.69. The monoisotopic (exact) mass is 220 g/mol. The van der Waals surface area contributed by atoms with Gasteiger partial charge in [-0.3, -0.25) is 4.90 Å². The number of hydrogen-bond acceptors (Lipinski definition) is 2. The molecule has 2 heteroatoms. The lowest BCUT2D eigenvalue weighted by Gasteiger charge is -2.32. The highest BCUT2D eigenvalue weighted by Crippen LogP contribution is 2.26. The summed E-state index contributed by atoms with van der Waals surface area (Å²) in [5.41, 5.74) is 0. The highest BCUT2D eigenvalue weighted by atomic mass is 15.2. The summed E-state index contributed by atoms with van der Waals surface area (Å²) in [5, 5.41) is 3.41. The standard InChI is InChI=1S/C14H24N2/c1-13-12-15-9-11-16(13)10-5-4-8-14-6-2-3-7-14/h13-15H,2-3,6-12H2,1H3. The fourth-order valence-corrected chi connectivity index (χ4v) is 2.71. The molecule has 1 saturated carbocycles. The largest absolute Gasteiger partial charge is 0.314 e. The van der Waals surface area contributed by atoms with Crippen LogP contribution in [-0.4, -0.2) is 37.1 Å². The summed E-state index contributed by atoms with van der Waals surface area (Å²) in [6, 6.07) is 0.648. The van der Waals surface area contributed by atoms with Gasteiger partial charge in [0.2, 0.25) is 0 Å². The summed E-state index contributed by atoms with van der Waals surface area (Å²) < 4.78 is 0. The molecule has 1 N–H and O–H groups in total. The van der Waals surface area contributed by atoms with Gasteiger partial charge in [0, 0.05) is 32.1 Å². The Morgan fingerprint density at radius 3 is 2.81 bits per heavy atom. The molecule has 16 heavy (non-hydrogen) atoms. The van der Waals surface area contributed by atoms with Crippen LogP contribution >= 0.6 is 0 Å². The van der Waals surface area contributed by atoms with E-state index in [2.05, 4.69) is 29.0 Å². The van der Waals surface area contributed by atoms with Crippen molar-refractivity contribution in [1.82, 2.24) is 10.2 Å². The van der Waals surface area contributed by atoms with E-state index in [1.54, 1.807) is 0 Å². The van der Waals surface area contributed by atoms with Crippen molar-refractivity contribution in [1.29, 1.82) is 0 Å². The maximum atomic E-state index is 3.41. The molecule has 1 unspecified atom stereocenters. The Hall–Kier alpha value is -0.520. The quantitative estimate of drug-likeness (QED) is 0.715. The first-order valence-corrected chi connectivity index (χ1v) is 6.77. The van der Waals surface area contributed by atoms with Gasteiger partial charge in [-0.1, -0.05) is 18.8 Å². The lowest BCUT2D eigenvalue weighted by Crippen LogP contribution is -2.49. The lowest BCUT2D eigenvalue weighted by atomic mass is 10.1. The number of nitrogens with zero attached hydrogens (tertiary/aromatic N) is 1. The molecule has 90 valence electrons. The maximum absolute atomic E-state index is 3.41. The van der Waals surface area contributed by atoms with Gasteiger partial charge in [0.25, 0.3) is 0 Å². The van der Waals surface area contributed by atoms with Crippen LogP contribution in [0.15, 0.2) is 0 Å². The van der Waals surface area contributed by atoms with Crippen molar-refractivity contribution in [3.05, 3.63) is 0 Å². The average Bonchev–Trinajstić information content (AvgIpc) is 2.79. The Morgan fingerprint density at radius 2 is 2.06 bits per heavy atom. The molecule has 0 aromatic carbocycles. The second-order valence-electron chi connectivity index (χ2n) is 5.23. The van der Waals surface area contributed by atoms with E-state index in [0.717, 1.165) is 38.5 Å². The number of hydrogen-bond donors (Lipinski definition) is 1. The van der Waals surface area contributed by atoms with E-state index in [1.807, 2.05) is 0 Å². The van der Waals surface area contributed by atoms with E-state index in [9.17, 15) is 0 Å². The second-order valence-corrected chi connectivity index (χ2v) is 5.23. The molecule has 0 bridgehead atoms. The van der Waals surface area contributed by atoms with Crippen LogP contribution in [-0.2, 0) is 0 Å². The summed E-state index contributed by atoms with van der Waals surface area (Å²) in [6.07, 6.45) is 6.83. The number of nitrogens with one attached hydrogen (secondary N) is 1. The molecule has 0 aromatic heterocycles. The second kappa shape index (κ2) is 6.27. The van der Waals surface area contributed by atoms with Crippen LogP contribution in [0, 0.1) is 17.8 Å². The SMILES string of the molecule is CC1CNCCN1CC#CCC1CCCC1. The molecule has 2 fully saturated rings. The topological polar surface area (TPSA) is 15.3 Å². The van der Waals surface area contributed by atoms with Gasteiger partial charge in [0.1, 0.15) is 0 Å². The molecule has 0 spiro atoms. The average molecular weight is 220 g/mol. The van der Waals surface area contributed by atoms with E-state index in [1.165, 1.54) is 25.7 Å². The summed E-state index contributed by atoms with van der Waals surface area (Å²) in [7, 11) is 0. The highest BCUT2D eigenvalue weighted by molar-refractivity contribution is 5.03. The van der Waals surface area contributed by atoms with Gasteiger partial charge in [-0.05, 0) is 25.7 Å². The molecule has 1 saturated heterocycles. The van der Waals surface area contributed by atoms with Crippen molar-refractivity contribution >= 4 is 0 Å². The first-order chi connectivity index (χ1) is 7.86. The van der Waals surface area contributed by atoms with Crippen molar-refractivity contribution in [3.63, 3.8) is 0 Å². The molecule has 1 heterocycles. The molecule has 1 aliphatic heterocycles. The van der Waals surface area contributed by atoms with Gasteiger partial charge in [-0.2, -0.15) is 0 Å². The Labute approximate surface area is 99.8 Å². The lowest BCUT2D eigenvalue weighted by molar-refractivity contribution is 0.195. The summed E-state index contributed by atoms with van der Waals surface area (Å²) >= 11 is 0. The highest BCUT2D eigenvalue weighted by Gasteiger charge is 2.16. The fraction of sp³-hybridized carbons (Fsp3) is 0.857. The van der Waals surface area contributed by atoms with E-state index in [0.29, 0.717) is 6.04 Å². The van der Waals surface area contributed by atoms with Crippen molar-refractivity contribution in [2.75, 3.05) is 26.2 Å². The Bertz CT molecular complexity index is 258. The minimum absolute atomic E-state index is 0.648. The van der Waals surface area contributed by atoms with Gasteiger partial charge < -0.3 is 5.32 Å². The van der Waals surface area contributed by atoms with Crippen LogP contribution in [0.2, 0.25) is 0 Å². The van der Waals surface area contributed by atoms with Gasteiger partial charge >= 0.3 is 0 Å². The summed E-state index contributed by atoms with van der Waals surface area (Å²) in [5.74, 6) is 7.65. The Balaban J connectivity index is 1.67. The van der Waals surface area contributed by atoms with Crippen LogP contribution < -0.4 is 5.32 Å². The van der Waals surface area contributed by atoms with Crippen molar-refractivity contribution < 1.29 is 0 Å². The zero-order valence-electron chi connectivity index (χ0n) is 10.5. The molecule has 1 aliphatic carbocycles. The van der Waals surface area contributed by atoms with E-state index < -0.39 is 0 Å². The van der Waals surface area contributed by atoms with Crippen molar-refractivity contribution in [2.24, 2.45) is 5.92 Å². The molecular formula is C14H24N2. The van der Waals surface area contributed by atoms with Gasteiger partial charge in [-0.25, -0.2) is 0 Å². The smallest absolute Gasteiger partial charge is 0.0604 e. The summed E-state index contributed by atoms with van der Waals surface area (Å²) in [4.78, 5) is 2.48. The maximum Gasteiger partial charge on any atom is 0.0604 e. The molecule has 1 atom stereocenters. The predicted octanol–water partition coefficient (Wildman–Crippen LogP) is 1.86. The van der Waals surface area contributed by atoms with Gasteiger partial charge in [0.15, 0.2) is 0 Å². The van der Waals surface area contributed by atoms with E-state index >= 15 is 0 Å². The predicted molar refractivity (Wildman–Crippen MR) is 68.3 cm³/mol. The van der Waals surface area contributed by atoms with Gasteiger partial charge in [-0.15, -0.1) is 5.92 Å². The number of piperazine rings is 1. The molecule has 0 radical (unpaired) electrons. The van der Waals surface area contributed by atoms with Crippen LogP contribution in [0.4, 0.5) is 0 Å². The van der Waals surface area contributed by atoms with Crippen LogP contribution in [0.3, 0.4) is 0 Å². The zero-order valence-corrected chi connectivity index (χ0v) is 10.5. The third-order valence-corrected chi connectivity index (χ3v) is 3.91. The third kappa shape index (κ3) is 3.50. The molecule has 2 rings (SSSR count). The van der Waals surface area contributed by atoms with Crippen molar-refractivity contribution in [2.45, 2.75) is 45.1 Å². The first-order valence-electron chi connectivity index (χ1n) is 6.77. The van der Waals surface area contributed by atoms with Crippen LogP contribution in [0.25, 0.3) is 0 Å². The first kappa shape index (κ1) is 12.0. The normalized spacial score (nSPS) is 27.7. The molecule has 0 amide bonds. The molecule has 2 nitrogen and oxygen atoms in total. The summed E-state index contributed by atoms with van der Waals surface area (Å²) in [6.45, 7) is 6.64. The third-order valence-electron chi connectivity index (χ3n) is 3.91. The zero-order chi connectivity index (χ0) is 11.2. The van der Waals surface area contributed by atoms with Gasteiger partial charge in [0.05, 0.1) is 6.54 Å². The molecule has 0 aromatic rings. The van der Waals surface area contributed by atoms with E-state index in [4.69, 9.17) is 0 Å². The van der Waals surface area contributed by atoms with Crippen LogP contribution in [0.1, 0.15) is 39.0 Å². The molecular weight excluding hydrogens is 196 g/mol. The molecule has 2 aliphatic rings. The van der Waals surface area contributed by atoms with Crippen LogP contribution in [0.5, 0.6) is 0 Å². The van der Waals surface area contributed by atoms with Crippen molar-refractivity contribution in [3.8, 4) is 11.8 Å². The Morgan fingerprint density at radius 1 is 1.25 bits per heavy atom. The minimum Gasteiger partial charge on any atom is -0.314 e. The minimum atomic E-state index is 0.648.